The molecule has 1 aromatic heterocycles. The van der Waals surface area contributed by atoms with Crippen LogP contribution in [0.1, 0.15) is 27.7 Å². The van der Waals surface area contributed by atoms with E-state index in [9.17, 15) is 18.0 Å². The number of nitrogens with one attached hydrogen (secondary N) is 2. The van der Waals surface area contributed by atoms with Crippen LogP contribution in [0.5, 0.6) is 0 Å². The topological polar surface area (TPSA) is 112 Å². The first-order valence-corrected chi connectivity index (χ1v) is 11.7. The van der Waals surface area contributed by atoms with Crippen molar-refractivity contribution in [3.05, 3.63) is 94.9 Å². The van der Waals surface area contributed by atoms with Gasteiger partial charge in [-0.3, -0.25) is 20.0 Å². The second kappa shape index (κ2) is 8.07. The number of halogens is 1. The smallest absolute Gasteiger partial charge is 0.270 e. The molecule has 33 heavy (non-hydrogen) atoms. The van der Waals surface area contributed by atoms with Gasteiger partial charge in [-0.1, -0.05) is 35.9 Å². The first-order valence-electron chi connectivity index (χ1n) is 9.87. The highest BCUT2D eigenvalue weighted by molar-refractivity contribution is 7.89. The third-order valence-electron chi connectivity index (χ3n) is 5.28. The molecule has 0 fully saturated rings. The summed E-state index contributed by atoms with van der Waals surface area (Å²) in [5, 5.41) is 2.66. The Morgan fingerprint density at radius 1 is 1.06 bits per heavy atom. The number of nitrogens with zero attached hydrogens (tertiary/aromatic N) is 2. The number of benzene rings is 2. The SMILES string of the molecule is O=C1c2ccccc2S(=O)(=O)NN1CC(=O)N1NC(c2ccc(Cl)cc2)=C[C@@H]1c1ccco1. The van der Waals surface area contributed by atoms with E-state index >= 15 is 0 Å². The van der Waals surface area contributed by atoms with Gasteiger partial charge in [-0.25, -0.2) is 13.4 Å². The molecule has 168 valence electrons. The van der Waals surface area contributed by atoms with Gasteiger partial charge >= 0.3 is 0 Å². The summed E-state index contributed by atoms with van der Waals surface area (Å²) >= 11 is 5.98. The third kappa shape index (κ3) is 3.88. The predicted octanol–water partition coefficient (Wildman–Crippen LogP) is 2.71. The largest absolute Gasteiger partial charge is 0.467 e. The molecular formula is C22H17ClN4O5S. The Morgan fingerprint density at radius 3 is 2.55 bits per heavy atom. The molecule has 0 radical (unpaired) electrons. The van der Waals surface area contributed by atoms with Crippen LogP contribution in [0, 0.1) is 0 Å². The summed E-state index contributed by atoms with van der Waals surface area (Å²) in [5.41, 5.74) is 4.46. The van der Waals surface area contributed by atoms with Crippen LogP contribution in [0.3, 0.4) is 0 Å². The van der Waals surface area contributed by atoms with Gasteiger partial charge in [0.25, 0.3) is 21.8 Å². The van der Waals surface area contributed by atoms with E-state index in [-0.39, 0.29) is 10.5 Å². The van der Waals surface area contributed by atoms with Gasteiger partial charge in [-0.05, 0) is 48.0 Å². The summed E-state index contributed by atoms with van der Waals surface area (Å²) in [6.07, 6.45) is 3.29. The van der Waals surface area contributed by atoms with Gasteiger partial charge in [0.05, 0.1) is 22.4 Å². The molecule has 0 bridgehead atoms. The number of carbonyl (C=O) groups excluding carboxylic acids is 2. The number of hydrogen-bond acceptors (Lipinski definition) is 6. The van der Waals surface area contributed by atoms with E-state index in [1.807, 2.05) is 0 Å². The van der Waals surface area contributed by atoms with E-state index in [1.54, 1.807) is 48.5 Å². The molecule has 1 atom stereocenters. The zero-order valence-electron chi connectivity index (χ0n) is 16.9. The molecule has 5 rings (SSSR count). The first kappa shape index (κ1) is 21.3. The number of amides is 2. The van der Waals surface area contributed by atoms with Crippen LogP contribution in [0.4, 0.5) is 0 Å². The van der Waals surface area contributed by atoms with Gasteiger partial charge in [-0.15, -0.1) is 4.83 Å². The summed E-state index contributed by atoms with van der Waals surface area (Å²) < 4.78 is 30.6. The van der Waals surface area contributed by atoms with Crippen molar-refractivity contribution in [2.75, 3.05) is 6.54 Å². The van der Waals surface area contributed by atoms with E-state index < -0.39 is 34.4 Å². The summed E-state index contributed by atoms with van der Waals surface area (Å²) in [7, 11) is -3.99. The number of hydrogen-bond donors (Lipinski definition) is 2. The van der Waals surface area contributed by atoms with E-state index in [2.05, 4.69) is 10.3 Å². The Morgan fingerprint density at radius 2 is 1.82 bits per heavy atom. The van der Waals surface area contributed by atoms with E-state index in [0.717, 1.165) is 10.6 Å². The highest BCUT2D eigenvalue weighted by Crippen LogP contribution is 2.32. The Balaban J connectivity index is 1.42. The Bertz CT molecular complexity index is 1370. The van der Waals surface area contributed by atoms with Crippen molar-refractivity contribution < 1.29 is 22.4 Å². The van der Waals surface area contributed by atoms with Gasteiger partial charge in [0.1, 0.15) is 18.3 Å². The van der Waals surface area contributed by atoms with Gasteiger partial charge < -0.3 is 4.42 Å². The third-order valence-corrected chi connectivity index (χ3v) is 6.93. The summed E-state index contributed by atoms with van der Waals surface area (Å²) in [6, 6.07) is 15.7. The van der Waals surface area contributed by atoms with Crippen molar-refractivity contribution in [3.63, 3.8) is 0 Å². The molecule has 2 aliphatic rings. The maximum atomic E-state index is 13.3. The van der Waals surface area contributed by atoms with Crippen LogP contribution >= 0.6 is 11.6 Å². The Kier molecular flexibility index (Phi) is 5.20. The zero-order chi connectivity index (χ0) is 23.2. The quantitative estimate of drug-likeness (QED) is 0.589. The van der Waals surface area contributed by atoms with Crippen LogP contribution in [-0.2, 0) is 14.8 Å². The van der Waals surface area contributed by atoms with Crippen LogP contribution in [0.25, 0.3) is 5.70 Å². The Hall–Kier alpha value is -3.60. The van der Waals surface area contributed by atoms with Gasteiger partial charge in [0, 0.05) is 5.02 Å². The fourth-order valence-electron chi connectivity index (χ4n) is 3.72. The lowest BCUT2D eigenvalue weighted by Gasteiger charge is -2.31. The summed E-state index contributed by atoms with van der Waals surface area (Å²) in [4.78, 5) is 28.2. The number of hydrazine groups is 2. The molecule has 2 amide bonds. The van der Waals surface area contributed by atoms with E-state index in [4.69, 9.17) is 16.0 Å². The van der Waals surface area contributed by atoms with Crippen LogP contribution in [0.2, 0.25) is 5.02 Å². The minimum atomic E-state index is -3.99. The lowest BCUT2D eigenvalue weighted by molar-refractivity contribution is -0.135. The molecule has 0 spiro atoms. The standard InChI is InChI=1S/C22H17ClN4O5S/c23-15-9-7-14(8-10-15)17-12-18(19-5-3-11-32-19)27(24-17)21(28)13-26-22(29)16-4-1-2-6-20(16)33(30,31)25-26/h1-12,18,24-25H,13H2/t18-/m1/s1. The molecule has 0 saturated heterocycles. The van der Waals surface area contributed by atoms with Crippen LogP contribution in [0.15, 0.2) is 82.3 Å². The monoisotopic (exact) mass is 484 g/mol. The maximum Gasteiger partial charge on any atom is 0.270 e. The summed E-state index contributed by atoms with van der Waals surface area (Å²) in [5.74, 6) is -0.670. The van der Waals surface area contributed by atoms with E-state index in [1.165, 1.54) is 29.5 Å². The van der Waals surface area contributed by atoms with Gasteiger partial charge in [-0.2, -0.15) is 0 Å². The van der Waals surface area contributed by atoms with Crippen molar-refractivity contribution in [1.82, 2.24) is 20.3 Å². The number of furan rings is 1. The van der Waals surface area contributed by atoms with Crippen molar-refractivity contribution >= 4 is 39.1 Å². The van der Waals surface area contributed by atoms with Crippen molar-refractivity contribution in [1.29, 1.82) is 0 Å². The maximum absolute atomic E-state index is 13.3. The average molecular weight is 485 g/mol. The molecule has 0 aliphatic carbocycles. The fourth-order valence-corrected chi connectivity index (χ4v) is 5.08. The van der Waals surface area contributed by atoms with Crippen LogP contribution < -0.4 is 10.3 Å². The molecule has 2 aromatic carbocycles. The second-order valence-electron chi connectivity index (χ2n) is 7.41. The lowest BCUT2D eigenvalue weighted by Crippen LogP contribution is -2.55. The molecule has 2 N–H and O–H groups in total. The minimum Gasteiger partial charge on any atom is -0.467 e. The fraction of sp³-hybridized carbons (Fsp3) is 0.0909. The molecule has 11 heteroatoms. The van der Waals surface area contributed by atoms with Crippen molar-refractivity contribution in [2.45, 2.75) is 10.9 Å². The minimum absolute atomic E-state index is 0.000920. The lowest BCUT2D eigenvalue weighted by atomic mass is 10.1. The number of fused-ring (bicyclic) bond motifs is 1. The van der Waals surface area contributed by atoms with Crippen molar-refractivity contribution in [3.8, 4) is 0 Å². The van der Waals surface area contributed by atoms with Crippen molar-refractivity contribution in [2.24, 2.45) is 0 Å². The Labute approximate surface area is 194 Å². The van der Waals surface area contributed by atoms with Crippen LogP contribution in [-0.4, -0.2) is 36.8 Å². The average Bonchev–Trinajstić information content (AvgIpc) is 3.48. The first-order chi connectivity index (χ1) is 15.8. The molecule has 0 unspecified atom stereocenters. The van der Waals surface area contributed by atoms with E-state index in [0.29, 0.717) is 16.5 Å². The number of sulfonamides is 1. The zero-order valence-corrected chi connectivity index (χ0v) is 18.5. The molecule has 0 saturated carbocycles. The number of rotatable bonds is 4. The van der Waals surface area contributed by atoms with Gasteiger partial charge in [0.2, 0.25) is 0 Å². The van der Waals surface area contributed by atoms with Gasteiger partial charge in [0.15, 0.2) is 0 Å². The second-order valence-corrected chi connectivity index (χ2v) is 9.47. The highest BCUT2D eigenvalue weighted by Gasteiger charge is 2.38. The molecular weight excluding hydrogens is 468 g/mol. The molecule has 3 heterocycles. The molecule has 9 nitrogen and oxygen atoms in total. The highest BCUT2D eigenvalue weighted by atomic mass is 35.5. The summed E-state index contributed by atoms with van der Waals surface area (Å²) in [6.45, 7) is -0.529. The number of carbonyl (C=O) groups is 2. The predicted molar refractivity (Wildman–Crippen MR) is 119 cm³/mol. The molecule has 3 aromatic rings. The molecule has 2 aliphatic heterocycles. The normalized spacial score (nSPS) is 19.1.